The van der Waals surface area contributed by atoms with E-state index in [0.717, 1.165) is 5.56 Å². The van der Waals surface area contributed by atoms with Gasteiger partial charge in [0.2, 0.25) is 10.0 Å². The Morgan fingerprint density at radius 2 is 1.70 bits per heavy atom. The highest BCUT2D eigenvalue weighted by Gasteiger charge is 2.15. The molecule has 20 heavy (non-hydrogen) atoms. The zero-order valence-corrected chi connectivity index (χ0v) is 11.5. The minimum Gasteiger partial charge on any atom is -0.398 e. The first-order valence-electron chi connectivity index (χ1n) is 6.08. The molecular weight excluding hydrogens is 279 g/mol. The van der Waals surface area contributed by atoms with Gasteiger partial charge in [-0.25, -0.2) is 17.5 Å². The van der Waals surface area contributed by atoms with Crippen molar-refractivity contribution in [1.29, 1.82) is 0 Å². The number of para-hydroxylation sites is 1. The number of nitrogens with two attached hydrogens (primary N) is 1. The molecule has 0 aliphatic rings. The molecule has 2 rings (SSSR count). The highest BCUT2D eigenvalue weighted by atomic mass is 32.2. The van der Waals surface area contributed by atoms with Crippen molar-refractivity contribution >= 4 is 15.7 Å². The molecule has 0 radical (unpaired) electrons. The summed E-state index contributed by atoms with van der Waals surface area (Å²) >= 11 is 0. The van der Waals surface area contributed by atoms with Crippen molar-refractivity contribution in [2.45, 2.75) is 11.3 Å². The average Bonchev–Trinajstić information content (AvgIpc) is 2.41. The normalized spacial score (nSPS) is 11.4. The Bertz CT molecular complexity index is 685. The van der Waals surface area contributed by atoms with Gasteiger partial charge in [-0.1, -0.05) is 24.3 Å². The van der Waals surface area contributed by atoms with E-state index >= 15 is 0 Å². The lowest BCUT2D eigenvalue weighted by atomic mass is 10.1. The molecule has 6 heteroatoms. The third-order valence-electron chi connectivity index (χ3n) is 2.83. The number of hydrogen-bond donors (Lipinski definition) is 2. The second-order valence-corrected chi connectivity index (χ2v) is 6.05. The first-order valence-corrected chi connectivity index (χ1v) is 7.56. The van der Waals surface area contributed by atoms with Crippen LogP contribution in [0, 0.1) is 5.82 Å². The Labute approximate surface area is 117 Å². The Morgan fingerprint density at radius 3 is 2.35 bits per heavy atom. The number of benzene rings is 2. The van der Waals surface area contributed by atoms with Crippen molar-refractivity contribution < 1.29 is 12.8 Å². The van der Waals surface area contributed by atoms with Gasteiger partial charge in [0.1, 0.15) is 10.7 Å². The molecule has 0 amide bonds. The van der Waals surface area contributed by atoms with Crippen molar-refractivity contribution in [3.8, 4) is 0 Å². The Kier molecular flexibility index (Phi) is 4.36. The van der Waals surface area contributed by atoms with E-state index in [1.807, 2.05) is 0 Å². The summed E-state index contributed by atoms with van der Waals surface area (Å²) < 4.78 is 39.3. The molecule has 0 heterocycles. The molecule has 2 aromatic carbocycles. The topological polar surface area (TPSA) is 72.2 Å². The number of hydrogen-bond acceptors (Lipinski definition) is 3. The molecule has 0 aliphatic heterocycles. The number of sulfonamides is 1. The molecule has 2 aromatic rings. The average molecular weight is 294 g/mol. The first-order chi connectivity index (χ1) is 9.49. The number of rotatable bonds is 5. The van der Waals surface area contributed by atoms with Crippen molar-refractivity contribution in [1.82, 2.24) is 4.72 Å². The van der Waals surface area contributed by atoms with Gasteiger partial charge >= 0.3 is 0 Å². The maximum Gasteiger partial charge on any atom is 0.242 e. The lowest BCUT2D eigenvalue weighted by Gasteiger charge is -2.08. The molecule has 0 aromatic heterocycles. The smallest absolute Gasteiger partial charge is 0.242 e. The van der Waals surface area contributed by atoms with Crippen LogP contribution in [-0.2, 0) is 16.4 Å². The molecule has 0 fully saturated rings. The van der Waals surface area contributed by atoms with Crippen LogP contribution in [0.3, 0.4) is 0 Å². The Hall–Kier alpha value is -1.92. The van der Waals surface area contributed by atoms with Crippen LogP contribution in [0.25, 0.3) is 0 Å². The van der Waals surface area contributed by atoms with Gasteiger partial charge < -0.3 is 5.73 Å². The standard InChI is InChI=1S/C14H15FN2O2S/c15-12-7-5-11(6-8-12)9-10-17-20(18,19)14-4-2-1-3-13(14)16/h1-8,17H,9-10,16H2. The summed E-state index contributed by atoms with van der Waals surface area (Å²) in [6.07, 6.45) is 0.478. The van der Waals surface area contributed by atoms with Gasteiger partial charge in [-0.15, -0.1) is 0 Å². The third kappa shape index (κ3) is 3.55. The van der Waals surface area contributed by atoms with Gasteiger partial charge in [0, 0.05) is 6.54 Å². The summed E-state index contributed by atoms with van der Waals surface area (Å²) in [4.78, 5) is 0.0686. The van der Waals surface area contributed by atoms with Gasteiger partial charge in [0.25, 0.3) is 0 Å². The molecule has 0 bridgehead atoms. The highest BCUT2D eigenvalue weighted by Crippen LogP contribution is 2.16. The zero-order valence-electron chi connectivity index (χ0n) is 10.7. The fourth-order valence-electron chi connectivity index (χ4n) is 1.78. The molecule has 4 nitrogen and oxygen atoms in total. The minimum absolute atomic E-state index is 0.0686. The number of nitrogens with one attached hydrogen (secondary N) is 1. The maximum absolute atomic E-state index is 12.7. The monoisotopic (exact) mass is 294 g/mol. The SMILES string of the molecule is Nc1ccccc1S(=O)(=O)NCCc1ccc(F)cc1. The van der Waals surface area contributed by atoms with E-state index in [2.05, 4.69) is 4.72 Å². The fraction of sp³-hybridized carbons (Fsp3) is 0.143. The summed E-state index contributed by atoms with van der Waals surface area (Å²) in [5.74, 6) is -0.314. The maximum atomic E-state index is 12.7. The van der Waals surface area contributed by atoms with Crippen molar-refractivity contribution in [2.24, 2.45) is 0 Å². The molecule has 0 aliphatic carbocycles. The van der Waals surface area contributed by atoms with E-state index in [9.17, 15) is 12.8 Å². The van der Waals surface area contributed by atoms with Gasteiger partial charge in [0.05, 0.1) is 5.69 Å². The lowest BCUT2D eigenvalue weighted by molar-refractivity contribution is 0.582. The second kappa shape index (κ2) is 6.02. The number of nitrogen functional groups attached to an aromatic ring is 1. The van der Waals surface area contributed by atoms with Gasteiger partial charge in [-0.05, 0) is 36.2 Å². The number of anilines is 1. The second-order valence-electron chi connectivity index (χ2n) is 4.31. The van der Waals surface area contributed by atoms with Crippen LogP contribution in [0.5, 0.6) is 0 Å². The third-order valence-corrected chi connectivity index (χ3v) is 4.36. The lowest BCUT2D eigenvalue weighted by Crippen LogP contribution is -2.26. The Morgan fingerprint density at radius 1 is 1.05 bits per heavy atom. The van der Waals surface area contributed by atoms with E-state index in [1.165, 1.54) is 24.3 Å². The quantitative estimate of drug-likeness (QED) is 0.828. The summed E-state index contributed by atoms with van der Waals surface area (Å²) in [7, 11) is -3.62. The van der Waals surface area contributed by atoms with Gasteiger partial charge in [-0.3, -0.25) is 0 Å². The van der Waals surface area contributed by atoms with Crippen molar-refractivity contribution in [3.05, 3.63) is 59.9 Å². The highest BCUT2D eigenvalue weighted by molar-refractivity contribution is 7.89. The van der Waals surface area contributed by atoms with Crippen LogP contribution in [0.1, 0.15) is 5.56 Å². The van der Waals surface area contributed by atoms with Crippen LogP contribution in [0.4, 0.5) is 10.1 Å². The summed E-state index contributed by atoms with van der Waals surface area (Å²) in [6.45, 7) is 0.225. The van der Waals surface area contributed by atoms with Crippen molar-refractivity contribution in [3.63, 3.8) is 0 Å². The predicted molar refractivity (Wildman–Crippen MR) is 76.1 cm³/mol. The van der Waals surface area contributed by atoms with Gasteiger partial charge in [-0.2, -0.15) is 0 Å². The first kappa shape index (κ1) is 14.5. The zero-order chi connectivity index (χ0) is 14.6. The molecule has 106 valence electrons. The molecule has 3 N–H and O–H groups in total. The van der Waals surface area contributed by atoms with Crippen LogP contribution in [0.2, 0.25) is 0 Å². The van der Waals surface area contributed by atoms with Crippen LogP contribution in [0.15, 0.2) is 53.4 Å². The Balaban J connectivity index is 2.00. The van der Waals surface area contributed by atoms with Crippen LogP contribution >= 0.6 is 0 Å². The van der Waals surface area contributed by atoms with E-state index < -0.39 is 10.0 Å². The van der Waals surface area contributed by atoms with Gasteiger partial charge in [0.15, 0.2) is 0 Å². The molecule has 0 saturated carbocycles. The predicted octanol–water partition coefficient (Wildman–Crippen LogP) is 1.93. The molecular formula is C14H15FN2O2S. The van der Waals surface area contributed by atoms with Crippen molar-refractivity contribution in [2.75, 3.05) is 12.3 Å². The number of halogens is 1. The fourth-order valence-corrected chi connectivity index (χ4v) is 2.95. The van der Waals surface area contributed by atoms with Crippen LogP contribution in [-0.4, -0.2) is 15.0 Å². The molecule has 0 spiro atoms. The molecule has 0 saturated heterocycles. The van der Waals surface area contributed by atoms with Crippen LogP contribution < -0.4 is 10.5 Å². The summed E-state index contributed by atoms with van der Waals surface area (Å²) in [5.41, 5.74) is 6.71. The van der Waals surface area contributed by atoms with E-state index in [-0.39, 0.29) is 22.9 Å². The summed E-state index contributed by atoms with van der Waals surface area (Å²) in [5, 5.41) is 0. The van der Waals surface area contributed by atoms with E-state index in [1.54, 1.807) is 24.3 Å². The largest absolute Gasteiger partial charge is 0.398 e. The minimum atomic E-state index is -3.62. The van der Waals surface area contributed by atoms with E-state index in [0.29, 0.717) is 6.42 Å². The molecule has 0 atom stereocenters. The summed E-state index contributed by atoms with van der Waals surface area (Å²) in [6, 6.07) is 12.2. The molecule has 0 unspecified atom stereocenters. The van der Waals surface area contributed by atoms with E-state index in [4.69, 9.17) is 5.73 Å².